The topological polar surface area (TPSA) is 3.24 Å². The highest BCUT2D eigenvalue weighted by Crippen LogP contribution is 2.38. The summed E-state index contributed by atoms with van der Waals surface area (Å²) in [7, 11) is 0. The SMILES string of the molecule is CCCCN(c1ccc(CCl)cc1C(F)(F)F)C(C)CC. The zero-order valence-electron chi connectivity index (χ0n) is 12.8. The Labute approximate surface area is 130 Å². The average molecular weight is 322 g/mol. The summed E-state index contributed by atoms with van der Waals surface area (Å²) in [6.07, 6.45) is -1.74. The van der Waals surface area contributed by atoms with Crippen molar-refractivity contribution in [3.05, 3.63) is 29.3 Å². The number of hydrogen-bond acceptors (Lipinski definition) is 1. The molecular formula is C16H23ClF3N. The molecule has 0 saturated heterocycles. The van der Waals surface area contributed by atoms with Crippen LogP contribution in [0.2, 0.25) is 0 Å². The van der Waals surface area contributed by atoms with E-state index in [0.29, 0.717) is 12.1 Å². The maximum Gasteiger partial charge on any atom is 0.418 e. The molecule has 1 rings (SSSR count). The van der Waals surface area contributed by atoms with Gasteiger partial charge in [0.1, 0.15) is 0 Å². The molecule has 1 atom stereocenters. The van der Waals surface area contributed by atoms with Gasteiger partial charge in [0.05, 0.1) is 5.56 Å². The predicted octanol–water partition coefficient (Wildman–Crippen LogP) is 5.85. The Hall–Kier alpha value is -0.900. The van der Waals surface area contributed by atoms with Crippen molar-refractivity contribution in [2.45, 2.75) is 58.1 Å². The second-order valence-electron chi connectivity index (χ2n) is 5.29. The predicted molar refractivity (Wildman–Crippen MR) is 83.0 cm³/mol. The van der Waals surface area contributed by atoms with Gasteiger partial charge in [-0.15, -0.1) is 11.6 Å². The highest BCUT2D eigenvalue weighted by atomic mass is 35.5. The minimum absolute atomic E-state index is 0.0690. The largest absolute Gasteiger partial charge is 0.418 e. The van der Waals surface area contributed by atoms with Crippen molar-refractivity contribution >= 4 is 17.3 Å². The number of unbranched alkanes of at least 4 members (excludes halogenated alkanes) is 1. The number of nitrogens with zero attached hydrogens (tertiary/aromatic N) is 1. The first-order chi connectivity index (χ1) is 9.85. The van der Waals surface area contributed by atoms with Gasteiger partial charge in [-0.1, -0.05) is 26.3 Å². The van der Waals surface area contributed by atoms with Gasteiger partial charge < -0.3 is 4.90 Å². The van der Waals surface area contributed by atoms with Gasteiger partial charge in [0.2, 0.25) is 0 Å². The number of alkyl halides is 4. The summed E-state index contributed by atoms with van der Waals surface area (Å²) < 4.78 is 40.0. The van der Waals surface area contributed by atoms with Crippen LogP contribution in [0.4, 0.5) is 18.9 Å². The summed E-state index contributed by atoms with van der Waals surface area (Å²) in [6, 6.07) is 4.48. The Morgan fingerprint density at radius 2 is 1.90 bits per heavy atom. The summed E-state index contributed by atoms with van der Waals surface area (Å²) in [4.78, 5) is 1.87. The Bertz CT molecular complexity index is 446. The third-order valence-corrected chi connectivity index (χ3v) is 4.01. The molecule has 21 heavy (non-hydrogen) atoms. The summed E-state index contributed by atoms with van der Waals surface area (Å²) in [5.74, 6) is 0.0850. The molecule has 0 N–H and O–H groups in total. The fraction of sp³-hybridized carbons (Fsp3) is 0.625. The van der Waals surface area contributed by atoms with Crippen LogP contribution in [0.15, 0.2) is 18.2 Å². The van der Waals surface area contributed by atoms with Crippen LogP contribution in [0.3, 0.4) is 0 Å². The molecule has 0 radical (unpaired) electrons. The lowest BCUT2D eigenvalue weighted by molar-refractivity contribution is -0.137. The van der Waals surface area contributed by atoms with E-state index >= 15 is 0 Å². The van der Waals surface area contributed by atoms with Gasteiger partial charge >= 0.3 is 6.18 Å². The first kappa shape index (κ1) is 18.1. The monoisotopic (exact) mass is 321 g/mol. The fourth-order valence-electron chi connectivity index (χ4n) is 2.27. The van der Waals surface area contributed by atoms with Gasteiger partial charge in [-0.25, -0.2) is 0 Å². The van der Waals surface area contributed by atoms with Crippen LogP contribution in [0.25, 0.3) is 0 Å². The second kappa shape index (κ2) is 7.92. The molecule has 1 aromatic rings. The van der Waals surface area contributed by atoms with Crippen molar-refractivity contribution in [3.63, 3.8) is 0 Å². The molecule has 1 unspecified atom stereocenters. The molecule has 0 aliphatic heterocycles. The Balaban J connectivity index is 3.28. The van der Waals surface area contributed by atoms with Gasteiger partial charge in [0.15, 0.2) is 0 Å². The van der Waals surface area contributed by atoms with Gasteiger partial charge in [-0.3, -0.25) is 0 Å². The van der Waals surface area contributed by atoms with Crippen LogP contribution < -0.4 is 4.90 Å². The molecule has 0 aromatic heterocycles. The molecule has 0 aliphatic carbocycles. The summed E-state index contributed by atoms with van der Waals surface area (Å²) in [6.45, 7) is 6.63. The lowest BCUT2D eigenvalue weighted by Gasteiger charge is -2.33. The van der Waals surface area contributed by atoms with Crippen LogP contribution in [0.1, 0.15) is 51.2 Å². The van der Waals surface area contributed by atoms with Crippen molar-refractivity contribution < 1.29 is 13.2 Å². The number of halogens is 4. The highest BCUT2D eigenvalue weighted by molar-refractivity contribution is 6.17. The fourth-order valence-corrected chi connectivity index (χ4v) is 2.44. The van der Waals surface area contributed by atoms with Crippen molar-refractivity contribution in [1.29, 1.82) is 0 Å². The maximum atomic E-state index is 13.3. The molecule has 5 heteroatoms. The van der Waals surface area contributed by atoms with Crippen molar-refractivity contribution in [2.24, 2.45) is 0 Å². The van der Waals surface area contributed by atoms with Gasteiger partial charge in [-0.05, 0) is 37.5 Å². The molecule has 1 nitrogen and oxygen atoms in total. The van der Waals surface area contributed by atoms with Crippen LogP contribution in [0.5, 0.6) is 0 Å². The van der Waals surface area contributed by atoms with E-state index in [4.69, 9.17) is 11.6 Å². The standard InChI is InChI=1S/C16H23ClF3N/c1-4-6-9-21(12(3)5-2)15-8-7-13(11-17)10-14(15)16(18,19)20/h7-8,10,12H,4-6,9,11H2,1-3H3. The smallest absolute Gasteiger partial charge is 0.368 e. The molecule has 0 amide bonds. The minimum Gasteiger partial charge on any atom is -0.368 e. The molecule has 0 bridgehead atoms. The minimum atomic E-state index is -4.37. The van der Waals surface area contributed by atoms with E-state index in [1.54, 1.807) is 12.1 Å². The number of hydrogen-bond donors (Lipinski definition) is 0. The van der Waals surface area contributed by atoms with E-state index in [1.807, 2.05) is 25.7 Å². The van der Waals surface area contributed by atoms with E-state index in [1.165, 1.54) is 6.07 Å². The highest BCUT2D eigenvalue weighted by Gasteiger charge is 2.35. The molecule has 0 fully saturated rings. The van der Waals surface area contributed by atoms with E-state index in [0.717, 1.165) is 19.3 Å². The normalized spacial score (nSPS) is 13.3. The average Bonchev–Trinajstić information content (AvgIpc) is 2.46. The molecule has 0 spiro atoms. The lowest BCUT2D eigenvalue weighted by atomic mass is 10.0. The molecule has 0 aliphatic rings. The molecular weight excluding hydrogens is 299 g/mol. The lowest BCUT2D eigenvalue weighted by Crippen LogP contribution is -2.35. The third kappa shape index (κ3) is 4.80. The quantitative estimate of drug-likeness (QED) is 0.569. The first-order valence-corrected chi connectivity index (χ1v) is 7.91. The van der Waals surface area contributed by atoms with Crippen LogP contribution >= 0.6 is 11.6 Å². The Kier molecular flexibility index (Phi) is 6.85. The molecule has 0 saturated carbocycles. The Morgan fingerprint density at radius 1 is 1.24 bits per heavy atom. The summed E-state index contributed by atoms with van der Waals surface area (Å²) >= 11 is 5.67. The van der Waals surface area contributed by atoms with Gasteiger partial charge in [0, 0.05) is 24.2 Å². The number of benzene rings is 1. The van der Waals surface area contributed by atoms with Crippen LogP contribution in [-0.4, -0.2) is 12.6 Å². The maximum absolute atomic E-state index is 13.3. The summed E-state index contributed by atoms with van der Waals surface area (Å²) in [5.41, 5.74) is 0.170. The Morgan fingerprint density at radius 3 is 2.38 bits per heavy atom. The number of anilines is 1. The van der Waals surface area contributed by atoms with Crippen LogP contribution in [-0.2, 0) is 12.1 Å². The van der Waals surface area contributed by atoms with Crippen molar-refractivity contribution in [2.75, 3.05) is 11.4 Å². The van der Waals surface area contributed by atoms with E-state index in [9.17, 15) is 13.2 Å². The second-order valence-corrected chi connectivity index (χ2v) is 5.55. The van der Waals surface area contributed by atoms with Gasteiger partial charge in [-0.2, -0.15) is 13.2 Å². The van der Waals surface area contributed by atoms with Crippen LogP contribution in [0, 0.1) is 0 Å². The summed E-state index contributed by atoms with van der Waals surface area (Å²) in [5, 5.41) is 0. The molecule has 0 heterocycles. The van der Waals surface area contributed by atoms with Crippen molar-refractivity contribution in [1.82, 2.24) is 0 Å². The van der Waals surface area contributed by atoms with Crippen molar-refractivity contribution in [3.8, 4) is 0 Å². The molecule has 1 aromatic carbocycles. The zero-order chi connectivity index (χ0) is 16.0. The van der Waals surface area contributed by atoms with E-state index in [2.05, 4.69) is 0 Å². The van der Waals surface area contributed by atoms with E-state index < -0.39 is 11.7 Å². The first-order valence-electron chi connectivity index (χ1n) is 7.37. The van der Waals surface area contributed by atoms with Gasteiger partial charge in [0.25, 0.3) is 0 Å². The number of rotatable bonds is 7. The van der Waals surface area contributed by atoms with E-state index in [-0.39, 0.29) is 17.6 Å². The third-order valence-electron chi connectivity index (χ3n) is 3.71. The zero-order valence-corrected chi connectivity index (χ0v) is 13.6. The molecule has 120 valence electrons.